The van der Waals surface area contributed by atoms with E-state index >= 15 is 0 Å². The number of nitrogens with two attached hydrogens (primary N) is 1. The highest BCUT2D eigenvalue weighted by atomic mass is 35.5. The van der Waals surface area contributed by atoms with Crippen LogP contribution in [0.4, 0.5) is 0 Å². The van der Waals surface area contributed by atoms with Gasteiger partial charge in [0.05, 0.1) is 12.3 Å². The van der Waals surface area contributed by atoms with Crippen LogP contribution in [-0.2, 0) is 0 Å². The molecule has 18 heavy (non-hydrogen) atoms. The van der Waals surface area contributed by atoms with Crippen molar-refractivity contribution in [2.75, 3.05) is 0 Å². The molecule has 0 bridgehead atoms. The minimum atomic E-state index is -0.216. The Bertz CT molecular complexity index is 528. The van der Waals surface area contributed by atoms with E-state index in [1.54, 1.807) is 6.26 Å². The zero-order valence-corrected chi connectivity index (χ0v) is 10.9. The number of benzene rings is 1. The molecule has 1 aliphatic rings. The van der Waals surface area contributed by atoms with E-state index < -0.39 is 0 Å². The van der Waals surface area contributed by atoms with Crippen molar-refractivity contribution in [3.63, 3.8) is 0 Å². The fourth-order valence-corrected chi connectivity index (χ4v) is 2.66. The number of furan rings is 1. The Labute approximate surface area is 112 Å². The van der Waals surface area contributed by atoms with Gasteiger partial charge in [0.15, 0.2) is 5.22 Å². The Morgan fingerprint density at radius 2 is 1.89 bits per heavy atom. The van der Waals surface area contributed by atoms with Gasteiger partial charge in [-0.2, -0.15) is 0 Å². The van der Waals surface area contributed by atoms with Crippen molar-refractivity contribution in [1.82, 2.24) is 0 Å². The van der Waals surface area contributed by atoms with Crippen LogP contribution < -0.4 is 5.73 Å². The van der Waals surface area contributed by atoms with Gasteiger partial charge in [0.2, 0.25) is 0 Å². The van der Waals surface area contributed by atoms with Crippen molar-refractivity contribution in [2.45, 2.75) is 31.2 Å². The molecule has 1 unspecified atom stereocenters. The van der Waals surface area contributed by atoms with E-state index in [9.17, 15) is 0 Å². The molecule has 0 saturated heterocycles. The Kier molecular flexibility index (Phi) is 3.14. The summed E-state index contributed by atoms with van der Waals surface area (Å²) in [5.41, 5.74) is 9.53. The molecular formula is C15H16ClNO. The molecule has 1 fully saturated rings. The quantitative estimate of drug-likeness (QED) is 0.897. The van der Waals surface area contributed by atoms with Crippen molar-refractivity contribution < 1.29 is 4.42 Å². The predicted octanol–water partition coefficient (Wildman–Crippen LogP) is 4.25. The highest BCUT2D eigenvalue weighted by molar-refractivity contribution is 6.29. The summed E-state index contributed by atoms with van der Waals surface area (Å²) in [6, 6.07) is 10.2. The van der Waals surface area contributed by atoms with Crippen LogP contribution in [0.3, 0.4) is 0 Å². The lowest BCUT2D eigenvalue weighted by Gasteiger charge is -2.26. The summed E-state index contributed by atoms with van der Waals surface area (Å²) in [5, 5.41) is 0.380. The monoisotopic (exact) mass is 261 g/mol. The first-order valence-corrected chi connectivity index (χ1v) is 6.72. The van der Waals surface area contributed by atoms with E-state index in [2.05, 4.69) is 24.3 Å². The summed E-state index contributed by atoms with van der Waals surface area (Å²) in [7, 11) is 0. The molecule has 3 rings (SSSR count). The molecule has 0 radical (unpaired) electrons. The van der Waals surface area contributed by atoms with E-state index in [0.717, 1.165) is 17.0 Å². The second-order valence-electron chi connectivity index (χ2n) is 4.92. The van der Waals surface area contributed by atoms with Crippen LogP contribution in [0.5, 0.6) is 0 Å². The van der Waals surface area contributed by atoms with E-state index in [4.69, 9.17) is 21.8 Å². The van der Waals surface area contributed by atoms with Crippen LogP contribution in [0.15, 0.2) is 41.0 Å². The smallest absolute Gasteiger partial charge is 0.198 e. The van der Waals surface area contributed by atoms with E-state index in [0.29, 0.717) is 5.22 Å². The topological polar surface area (TPSA) is 39.2 Å². The van der Waals surface area contributed by atoms with Gasteiger partial charge in [-0.1, -0.05) is 30.7 Å². The normalized spacial score (nSPS) is 17.4. The van der Waals surface area contributed by atoms with E-state index in [-0.39, 0.29) is 6.04 Å². The average molecular weight is 262 g/mol. The second-order valence-corrected chi connectivity index (χ2v) is 5.27. The first-order valence-electron chi connectivity index (χ1n) is 6.34. The third kappa shape index (κ3) is 2.06. The highest BCUT2D eigenvalue weighted by Gasteiger charge is 2.20. The summed E-state index contributed by atoms with van der Waals surface area (Å²) < 4.78 is 5.08. The van der Waals surface area contributed by atoms with Crippen molar-refractivity contribution >= 4 is 11.6 Å². The molecule has 0 amide bonds. The van der Waals surface area contributed by atoms with Crippen molar-refractivity contribution in [2.24, 2.45) is 5.73 Å². The summed E-state index contributed by atoms with van der Waals surface area (Å²) in [5.74, 6) is 0.757. The SMILES string of the molecule is NC(c1ccc(C2CCC2)cc1)c1ccoc1Cl. The molecule has 1 aromatic carbocycles. The first-order chi connectivity index (χ1) is 8.75. The molecule has 0 spiro atoms. The van der Waals surface area contributed by atoms with Gasteiger partial charge in [0.25, 0.3) is 0 Å². The molecule has 1 aliphatic carbocycles. The van der Waals surface area contributed by atoms with E-state index in [1.807, 2.05) is 6.07 Å². The standard InChI is InChI=1S/C15H16ClNO/c16-15-13(8-9-18-15)14(17)12-6-4-11(5-7-12)10-2-1-3-10/h4-10,14H,1-3,17H2. The lowest BCUT2D eigenvalue weighted by atomic mass is 9.80. The third-order valence-electron chi connectivity index (χ3n) is 3.85. The fourth-order valence-electron chi connectivity index (χ4n) is 2.42. The molecule has 2 N–H and O–H groups in total. The largest absolute Gasteiger partial charge is 0.453 e. The van der Waals surface area contributed by atoms with Gasteiger partial charge in [-0.05, 0) is 47.6 Å². The van der Waals surface area contributed by atoms with Crippen LogP contribution in [0, 0.1) is 0 Å². The lowest BCUT2D eigenvalue weighted by molar-refractivity contribution is 0.419. The Hall–Kier alpha value is -1.25. The number of hydrogen-bond donors (Lipinski definition) is 1. The maximum Gasteiger partial charge on any atom is 0.198 e. The Balaban J connectivity index is 1.82. The van der Waals surface area contributed by atoms with Gasteiger partial charge in [-0.15, -0.1) is 0 Å². The van der Waals surface area contributed by atoms with Crippen LogP contribution in [0.2, 0.25) is 5.22 Å². The van der Waals surface area contributed by atoms with Gasteiger partial charge in [-0.3, -0.25) is 0 Å². The average Bonchev–Trinajstić information content (AvgIpc) is 2.73. The number of hydrogen-bond acceptors (Lipinski definition) is 2. The molecule has 3 heteroatoms. The van der Waals surface area contributed by atoms with Gasteiger partial charge in [0.1, 0.15) is 0 Å². The Morgan fingerprint density at radius 3 is 2.39 bits per heavy atom. The molecule has 2 aromatic rings. The molecule has 2 nitrogen and oxygen atoms in total. The third-order valence-corrected chi connectivity index (χ3v) is 4.16. The number of rotatable bonds is 3. The molecule has 94 valence electrons. The van der Waals surface area contributed by atoms with Gasteiger partial charge < -0.3 is 10.2 Å². The summed E-state index contributed by atoms with van der Waals surface area (Å²) in [6.07, 6.45) is 5.56. The number of halogens is 1. The summed E-state index contributed by atoms with van der Waals surface area (Å²) >= 11 is 5.95. The molecular weight excluding hydrogens is 246 g/mol. The van der Waals surface area contributed by atoms with Crippen LogP contribution in [-0.4, -0.2) is 0 Å². The summed E-state index contributed by atoms with van der Waals surface area (Å²) in [6.45, 7) is 0. The minimum Gasteiger partial charge on any atom is -0.453 e. The van der Waals surface area contributed by atoms with E-state index in [1.165, 1.54) is 24.8 Å². The molecule has 1 saturated carbocycles. The maximum absolute atomic E-state index is 6.19. The predicted molar refractivity (Wildman–Crippen MR) is 72.8 cm³/mol. The highest BCUT2D eigenvalue weighted by Crippen LogP contribution is 2.37. The first kappa shape index (κ1) is 11.8. The molecule has 0 aliphatic heterocycles. The van der Waals surface area contributed by atoms with Crippen molar-refractivity contribution in [1.29, 1.82) is 0 Å². The molecule has 1 atom stereocenters. The maximum atomic E-state index is 6.19. The Morgan fingerprint density at radius 1 is 1.17 bits per heavy atom. The molecule has 1 heterocycles. The zero-order chi connectivity index (χ0) is 12.5. The van der Waals surface area contributed by atoms with Crippen molar-refractivity contribution in [3.05, 3.63) is 58.5 Å². The van der Waals surface area contributed by atoms with Crippen LogP contribution in [0.1, 0.15) is 47.9 Å². The van der Waals surface area contributed by atoms with Crippen LogP contribution >= 0.6 is 11.6 Å². The van der Waals surface area contributed by atoms with Gasteiger partial charge in [0, 0.05) is 5.56 Å². The van der Waals surface area contributed by atoms with Gasteiger partial charge in [-0.25, -0.2) is 0 Å². The second kappa shape index (κ2) is 4.79. The fraction of sp³-hybridized carbons (Fsp3) is 0.333. The summed E-state index contributed by atoms with van der Waals surface area (Å²) in [4.78, 5) is 0. The van der Waals surface area contributed by atoms with Crippen molar-refractivity contribution in [3.8, 4) is 0 Å². The molecule has 1 aromatic heterocycles. The lowest BCUT2D eigenvalue weighted by Crippen LogP contribution is -2.12. The zero-order valence-electron chi connectivity index (χ0n) is 10.1. The van der Waals surface area contributed by atoms with Crippen LogP contribution in [0.25, 0.3) is 0 Å². The van der Waals surface area contributed by atoms with Gasteiger partial charge >= 0.3 is 0 Å². The minimum absolute atomic E-state index is 0.216.